The highest BCUT2D eigenvalue weighted by Crippen LogP contribution is 2.30. The number of anilines is 1. The van der Waals surface area contributed by atoms with E-state index in [4.69, 9.17) is 10.5 Å². The highest BCUT2D eigenvalue weighted by Gasteiger charge is 2.23. The van der Waals surface area contributed by atoms with Crippen LogP contribution in [-0.2, 0) is 0 Å². The molecular formula is C10H14N2O. The summed E-state index contributed by atoms with van der Waals surface area (Å²) in [6.07, 6.45) is 0.0786. The molecule has 3 heteroatoms. The van der Waals surface area contributed by atoms with Gasteiger partial charge in [-0.3, -0.25) is 0 Å². The molecule has 2 unspecified atom stereocenters. The molecule has 0 aromatic heterocycles. The lowest BCUT2D eigenvalue weighted by atomic mass is 10.1. The summed E-state index contributed by atoms with van der Waals surface area (Å²) in [6.45, 7) is 2.62. The fraction of sp³-hybridized carbons (Fsp3) is 0.400. The van der Waals surface area contributed by atoms with E-state index >= 15 is 0 Å². The van der Waals surface area contributed by atoms with E-state index in [1.807, 2.05) is 24.3 Å². The van der Waals surface area contributed by atoms with E-state index in [-0.39, 0.29) is 12.1 Å². The van der Waals surface area contributed by atoms with Crippen molar-refractivity contribution in [3.8, 4) is 5.75 Å². The SMILES string of the molecule is CC1Nc2ccccc2OC1CN. The molecule has 0 aliphatic carbocycles. The predicted molar refractivity (Wildman–Crippen MR) is 53.0 cm³/mol. The molecule has 13 heavy (non-hydrogen) atoms. The maximum absolute atomic E-state index is 5.71. The van der Waals surface area contributed by atoms with Gasteiger partial charge in [-0.15, -0.1) is 0 Å². The van der Waals surface area contributed by atoms with Gasteiger partial charge in [0.2, 0.25) is 0 Å². The molecule has 0 spiro atoms. The molecule has 0 amide bonds. The first kappa shape index (κ1) is 8.38. The van der Waals surface area contributed by atoms with E-state index in [2.05, 4.69) is 12.2 Å². The van der Waals surface area contributed by atoms with Crippen LogP contribution in [0.2, 0.25) is 0 Å². The average Bonchev–Trinajstić information content (AvgIpc) is 2.17. The number of nitrogens with one attached hydrogen (secondary N) is 1. The van der Waals surface area contributed by atoms with Gasteiger partial charge in [-0.05, 0) is 19.1 Å². The second-order valence-electron chi connectivity index (χ2n) is 3.32. The molecule has 0 saturated carbocycles. The zero-order valence-corrected chi connectivity index (χ0v) is 7.66. The number of para-hydroxylation sites is 2. The molecule has 0 radical (unpaired) electrons. The molecule has 70 valence electrons. The number of ether oxygens (including phenoxy) is 1. The minimum absolute atomic E-state index is 0.0786. The highest BCUT2D eigenvalue weighted by molar-refractivity contribution is 5.58. The Bertz CT molecular complexity index is 301. The lowest BCUT2D eigenvalue weighted by molar-refractivity contribution is 0.182. The van der Waals surface area contributed by atoms with Crippen LogP contribution in [0.5, 0.6) is 5.75 Å². The molecule has 1 aromatic carbocycles. The number of fused-ring (bicyclic) bond motifs is 1. The summed E-state index contributed by atoms with van der Waals surface area (Å²) in [5.41, 5.74) is 6.64. The fourth-order valence-electron chi connectivity index (χ4n) is 1.54. The van der Waals surface area contributed by atoms with Crippen LogP contribution in [0, 0.1) is 0 Å². The van der Waals surface area contributed by atoms with Crippen molar-refractivity contribution in [2.45, 2.75) is 19.1 Å². The third kappa shape index (κ3) is 1.47. The minimum Gasteiger partial charge on any atom is -0.485 e. The Kier molecular flexibility index (Phi) is 2.10. The normalized spacial score (nSPS) is 25.7. The van der Waals surface area contributed by atoms with Gasteiger partial charge >= 0.3 is 0 Å². The zero-order valence-electron chi connectivity index (χ0n) is 7.66. The van der Waals surface area contributed by atoms with Gasteiger partial charge in [0.25, 0.3) is 0 Å². The molecule has 1 aliphatic heterocycles. The lowest BCUT2D eigenvalue weighted by Gasteiger charge is -2.32. The van der Waals surface area contributed by atoms with Crippen LogP contribution >= 0.6 is 0 Å². The molecule has 0 saturated heterocycles. The minimum atomic E-state index is 0.0786. The molecule has 0 fully saturated rings. The van der Waals surface area contributed by atoms with E-state index in [0.717, 1.165) is 11.4 Å². The number of hydrogen-bond donors (Lipinski definition) is 2. The Balaban J connectivity index is 2.27. The Labute approximate surface area is 77.9 Å². The van der Waals surface area contributed by atoms with Crippen molar-refractivity contribution in [3.05, 3.63) is 24.3 Å². The van der Waals surface area contributed by atoms with Gasteiger partial charge in [0, 0.05) is 6.54 Å². The third-order valence-electron chi connectivity index (χ3n) is 2.34. The van der Waals surface area contributed by atoms with Gasteiger partial charge < -0.3 is 15.8 Å². The van der Waals surface area contributed by atoms with Crippen molar-refractivity contribution in [2.75, 3.05) is 11.9 Å². The standard InChI is InChI=1S/C10H14N2O/c1-7-10(6-11)13-9-5-3-2-4-8(9)12-7/h2-5,7,10,12H,6,11H2,1H3. The summed E-state index contributed by atoms with van der Waals surface area (Å²) in [5.74, 6) is 0.899. The molecule has 3 N–H and O–H groups in total. The van der Waals surface area contributed by atoms with E-state index in [9.17, 15) is 0 Å². The summed E-state index contributed by atoms with van der Waals surface area (Å²) < 4.78 is 5.71. The molecule has 1 aromatic rings. The van der Waals surface area contributed by atoms with Crippen molar-refractivity contribution in [1.29, 1.82) is 0 Å². The topological polar surface area (TPSA) is 47.3 Å². The summed E-state index contributed by atoms with van der Waals surface area (Å²) in [4.78, 5) is 0. The van der Waals surface area contributed by atoms with Crippen LogP contribution in [0.25, 0.3) is 0 Å². The monoisotopic (exact) mass is 178 g/mol. The van der Waals surface area contributed by atoms with Crippen molar-refractivity contribution in [1.82, 2.24) is 0 Å². The smallest absolute Gasteiger partial charge is 0.143 e. The highest BCUT2D eigenvalue weighted by atomic mass is 16.5. The van der Waals surface area contributed by atoms with Crippen molar-refractivity contribution >= 4 is 5.69 Å². The first-order valence-electron chi connectivity index (χ1n) is 4.53. The number of nitrogens with two attached hydrogens (primary N) is 1. The molecular weight excluding hydrogens is 164 g/mol. The maximum Gasteiger partial charge on any atom is 0.143 e. The Hall–Kier alpha value is -1.22. The predicted octanol–water partition coefficient (Wildman–Crippen LogP) is 1.21. The Morgan fingerprint density at radius 3 is 3.00 bits per heavy atom. The van der Waals surface area contributed by atoms with Crippen molar-refractivity contribution in [3.63, 3.8) is 0 Å². The van der Waals surface area contributed by atoms with Gasteiger partial charge in [-0.25, -0.2) is 0 Å². The lowest BCUT2D eigenvalue weighted by Crippen LogP contribution is -2.44. The largest absolute Gasteiger partial charge is 0.485 e. The summed E-state index contributed by atoms with van der Waals surface area (Å²) in [6, 6.07) is 8.20. The van der Waals surface area contributed by atoms with E-state index < -0.39 is 0 Å². The van der Waals surface area contributed by atoms with E-state index in [1.54, 1.807) is 0 Å². The average molecular weight is 178 g/mol. The van der Waals surface area contributed by atoms with Crippen LogP contribution in [0.4, 0.5) is 5.69 Å². The van der Waals surface area contributed by atoms with Crippen LogP contribution in [0.3, 0.4) is 0 Å². The molecule has 1 aliphatic rings. The zero-order chi connectivity index (χ0) is 9.26. The molecule has 2 rings (SSSR count). The maximum atomic E-state index is 5.71. The molecule has 1 heterocycles. The van der Waals surface area contributed by atoms with Gasteiger partial charge in [0.1, 0.15) is 11.9 Å². The van der Waals surface area contributed by atoms with E-state index in [0.29, 0.717) is 6.54 Å². The second-order valence-corrected chi connectivity index (χ2v) is 3.32. The molecule has 0 bridgehead atoms. The number of benzene rings is 1. The first-order valence-corrected chi connectivity index (χ1v) is 4.53. The van der Waals surface area contributed by atoms with Gasteiger partial charge in [-0.2, -0.15) is 0 Å². The molecule has 2 atom stereocenters. The Morgan fingerprint density at radius 2 is 2.23 bits per heavy atom. The van der Waals surface area contributed by atoms with Crippen LogP contribution in [0.1, 0.15) is 6.92 Å². The first-order chi connectivity index (χ1) is 6.31. The summed E-state index contributed by atoms with van der Waals surface area (Å²) in [7, 11) is 0. The van der Waals surface area contributed by atoms with Crippen molar-refractivity contribution in [2.24, 2.45) is 5.73 Å². The van der Waals surface area contributed by atoms with Crippen LogP contribution < -0.4 is 15.8 Å². The van der Waals surface area contributed by atoms with Gasteiger partial charge in [-0.1, -0.05) is 12.1 Å². The fourth-order valence-corrected chi connectivity index (χ4v) is 1.54. The Morgan fingerprint density at radius 1 is 1.46 bits per heavy atom. The molecule has 3 nitrogen and oxygen atoms in total. The third-order valence-corrected chi connectivity index (χ3v) is 2.34. The van der Waals surface area contributed by atoms with E-state index in [1.165, 1.54) is 0 Å². The number of rotatable bonds is 1. The van der Waals surface area contributed by atoms with Gasteiger partial charge in [0.15, 0.2) is 0 Å². The quantitative estimate of drug-likeness (QED) is 0.679. The summed E-state index contributed by atoms with van der Waals surface area (Å²) >= 11 is 0. The number of hydrogen-bond acceptors (Lipinski definition) is 3. The van der Waals surface area contributed by atoms with Crippen LogP contribution in [-0.4, -0.2) is 18.7 Å². The summed E-state index contributed by atoms with van der Waals surface area (Å²) in [5, 5.41) is 3.36. The van der Waals surface area contributed by atoms with Crippen molar-refractivity contribution < 1.29 is 4.74 Å². The second kappa shape index (κ2) is 3.26. The van der Waals surface area contributed by atoms with Gasteiger partial charge in [0.05, 0.1) is 11.7 Å². The van der Waals surface area contributed by atoms with Crippen LogP contribution in [0.15, 0.2) is 24.3 Å².